The Morgan fingerprint density at radius 2 is 2.39 bits per heavy atom. The summed E-state index contributed by atoms with van der Waals surface area (Å²) in [6.07, 6.45) is 0. The van der Waals surface area contributed by atoms with Crippen molar-refractivity contribution in [3.05, 3.63) is 27.9 Å². The number of hydrogen-bond donors (Lipinski definition) is 0. The largest absolute Gasteiger partial charge is 0.465 e. The van der Waals surface area contributed by atoms with Gasteiger partial charge in [0.05, 0.1) is 18.1 Å². The zero-order valence-electron chi connectivity index (χ0n) is 9.92. The summed E-state index contributed by atoms with van der Waals surface area (Å²) < 4.78 is 4.87. The molecule has 0 bridgehead atoms. The van der Waals surface area contributed by atoms with E-state index in [1.807, 2.05) is 17.7 Å². The van der Waals surface area contributed by atoms with E-state index in [0.717, 1.165) is 16.5 Å². The van der Waals surface area contributed by atoms with Crippen LogP contribution in [-0.4, -0.2) is 23.3 Å². The number of thiazole rings is 1. The first-order chi connectivity index (χ1) is 8.79. The van der Waals surface area contributed by atoms with Crippen LogP contribution in [0.1, 0.15) is 12.6 Å². The van der Waals surface area contributed by atoms with Crippen molar-refractivity contribution >= 4 is 40.4 Å². The van der Waals surface area contributed by atoms with Gasteiger partial charge in [0.15, 0.2) is 0 Å². The van der Waals surface area contributed by atoms with Gasteiger partial charge in [-0.25, -0.2) is 4.98 Å². The Balaban J connectivity index is 1.82. The van der Waals surface area contributed by atoms with E-state index >= 15 is 0 Å². The smallest absolute Gasteiger partial charge is 0.315 e. The predicted octanol–water partition coefficient (Wildman–Crippen LogP) is 3.67. The van der Waals surface area contributed by atoms with Crippen molar-refractivity contribution in [1.29, 1.82) is 0 Å². The minimum atomic E-state index is -0.157. The molecule has 6 heteroatoms. The average Bonchev–Trinajstić information content (AvgIpc) is 2.99. The molecule has 0 aliphatic carbocycles. The lowest BCUT2D eigenvalue weighted by atomic mass is 10.4. The molecule has 0 aromatic carbocycles. The second-order valence-electron chi connectivity index (χ2n) is 3.45. The minimum absolute atomic E-state index is 0.157. The molecule has 0 unspecified atom stereocenters. The summed E-state index contributed by atoms with van der Waals surface area (Å²) in [6, 6.07) is 2.07. The molecule has 2 heterocycles. The van der Waals surface area contributed by atoms with E-state index in [2.05, 4.69) is 16.4 Å². The fourth-order valence-corrected chi connectivity index (χ4v) is 3.68. The first-order valence-electron chi connectivity index (χ1n) is 5.50. The van der Waals surface area contributed by atoms with Gasteiger partial charge in [0, 0.05) is 22.1 Å². The molecule has 0 saturated heterocycles. The van der Waals surface area contributed by atoms with Crippen LogP contribution in [-0.2, 0) is 15.3 Å². The Labute approximate surface area is 118 Å². The van der Waals surface area contributed by atoms with Crippen LogP contribution in [0.4, 0.5) is 0 Å². The highest BCUT2D eigenvalue weighted by Gasteiger charge is 2.07. The quantitative estimate of drug-likeness (QED) is 0.763. The van der Waals surface area contributed by atoms with Gasteiger partial charge in [0.2, 0.25) is 0 Å². The lowest BCUT2D eigenvalue weighted by Crippen LogP contribution is -2.06. The van der Waals surface area contributed by atoms with Crippen LogP contribution < -0.4 is 0 Å². The van der Waals surface area contributed by atoms with E-state index in [4.69, 9.17) is 4.74 Å². The Morgan fingerprint density at radius 1 is 1.50 bits per heavy atom. The number of esters is 1. The Kier molecular flexibility index (Phi) is 5.22. The van der Waals surface area contributed by atoms with Crippen molar-refractivity contribution in [2.75, 3.05) is 12.4 Å². The summed E-state index contributed by atoms with van der Waals surface area (Å²) >= 11 is 4.85. The van der Waals surface area contributed by atoms with E-state index in [1.165, 1.54) is 17.3 Å². The fraction of sp³-hybridized carbons (Fsp3) is 0.333. The number of ether oxygens (including phenoxy) is 1. The summed E-state index contributed by atoms with van der Waals surface area (Å²) in [6.45, 7) is 2.26. The second-order valence-corrected chi connectivity index (χ2v) is 6.08. The van der Waals surface area contributed by atoms with Crippen LogP contribution in [0.3, 0.4) is 0 Å². The van der Waals surface area contributed by atoms with Gasteiger partial charge in [-0.05, 0) is 18.4 Å². The average molecular weight is 299 g/mol. The highest BCUT2D eigenvalue weighted by atomic mass is 32.2. The normalized spacial score (nSPS) is 10.5. The maximum absolute atomic E-state index is 11.2. The van der Waals surface area contributed by atoms with Crippen molar-refractivity contribution in [3.63, 3.8) is 0 Å². The first kappa shape index (κ1) is 13.6. The molecule has 2 aromatic rings. The number of nitrogens with zero attached hydrogens (tertiary/aromatic N) is 1. The van der Waals surface area contributed by atoms with Crippen LogP contribution in [0.2, 0.25) is 0 Å². The molecule has 0 amide bonds. The number of thioether (sulfide) groups is 1. The molecule has 96 valence electrons. The van der Waals surface area contributed by atoms with Gasteiger partial charge in [0.25, 0.3) is 0 Å². The highest BCUT2D eigenvalue weighted by Crippen LogP contribution is 2.27. The van der Waals surface area contributed by atoms with Crippen molar-refractivity contribution in [2.24, 2.45) is 0 Å². The van der Waals surface area contributed by atoms with Gasteiger partial charge in [-0.15, -0.1) is 23.1 Å². The summed E-state index contributed by atoms with van der Waals surface area (Å²) in [7, 11) is 0. The summed E-state index contributed by atoms with van der Waals surface area (Å²) in [4.78, 5) is 15.7. The van der Waals surface area contributed by atoms with Crippen LogP contribution in [0.5, 0.6) is 0 Å². The number of aromatic nitrogens is 1. The number of hydrogen-bond acceptors (Lipinski definition) is 6. The zero-order valence-corrected chi connectivity index (χ0v) is 12.4. The van der Waals surface area contributed by atoms with E-state index in [0.29, 0.717) is 12.4 Å². The molecule has 0 aliphatic rings. The molecule has 0 fully saturated rings. The molecule has 18 heavy (non-hydrogen) atoms. The van der Waals surface area contributed by atoms with E-state index in [9.17, 15) is 4.79 Å². The molecule has 2 rings (SSSR count). The maximum atomic E-state index is 11.2. The molecule has 0 spiro atoms. The molecule has 0 saturated carbocycles. The zero-order chi connectivity index (χ0) is 12.8. The fourth-order valence-electron chi connectivity index (χ4n) is 1.33. The van der Waals surface area contributed by atoms with Crippen molar-refractivity contribution < 1.29 is 9.53 Å². The lowest BCUT2D eigenvalue weighted by Gasteiger charge is -1.99. The topological polar surface area (TPSA) is 39.2 Å². The third kappa shape index (κ3) is 3.83. The van der Waals surface area contributed by atoms with Crippen molar-refractivity contribution in [2.45, 2.75) is 12.7 Å². The molecule has 0 aliphatic heterocycles. The number of thiophene rings is 1. The second kappa shape index (κ2) is 6.92. The Hall–Kier alpha value is -0.850. The van der Waals surface area contributed by atoms with Gasteiger partial charge in [-0.2, -0.15) is 11.3 Å². The van der Waals surface area contributed by atoms with Gasteiger partial charge < -0.3 is 4.74 Å². The van der Waals surface area contributed by atoms with Gasteiger partial charge in [0.1, 0.15) is 5.01 Å². The van der Waals surface area contributed by atoms with E-state index in [-0.39, 0.29) is 5.97 Å². The maximum Gasteiger partial charge on any atom is 0.315 e. The van der Waals surface area contributed by atoms with Crippen molar-refractivity contribution in [3.8, 4) is 10.6 Å². The lowest BCUT2D eigenvalue weighted by molar-refractivity contribution is -0.139. The molecule has 2 aromatic heterocycles. The van der Waals surface area contributed by atoms with Gasteiger partial charge >= 0.3 is 5.97 Å². The van der Waals surface area contributed by atoms with Crippen LogP contribution in [0.25, 0.3) is 10.6 Å². The third-order valence-electron chi connectivity index (χ3n) is 2.10. The summed E-state index contributed by atoms with van der Waals surface area (Å²) in [5.74, 6) is 0.981. The van der Waals surface area contributed by atoms with Crippen LogP contribution in [0, 0.1) is 0 Å². The first-order valence-corrected chi connectivity index (χ1v) is 8.47. The molecular formula is C12H13NO2S3. The van der Waals surface area contributed by atoms with Crippen LogP contribution >= 0.6 is 34.4 Å². The predicted molar refractivity (Wildman–Crippen MR) is 78.2 cm³/mol. The standard InChI is InChI=1S/C12H13NO2S3/c1-2-15-11(14)8-17-6-10-7-18-12(13-10)9-3-4-16-5-9/h3-5,7H,2,6,8H2,1H3. The molecular weight excluding hydrogens is 286 g/mol. The van der Waals surface area contributed by atoms with Gasteiger partial charge in [-0.3, -0.25) is 4.79 Å². The van der Waals surface area contributed by atoms with E-state index < -0.39 is 0 Å². The number of carbonyl (C=O) groups excluding carboxylic acids is 1. The van der Waals surface area contributed by atoms with Gasteiger partial charge in [-0.1, -0.05) is 0 Å². The molecule has 0 atom stereocenters. The Morgan fingerprint density at radius 3 is 3.11 bits per heavy atom. The summed E-state index contributed by atoms with van der Waals surface area (Å²) in [5, 5.41) is 7.23. The monoisotopic (exact) mass is 299 g/mol. The van der Waals surface area contributed by atoms with Crippen molar-refractivity contribution in [1.82, 2.24) is 4.98 Å². The number of carbonyl (C=O) groups is 1. The molecule has 3 nitrogen and oxygen atoms in total. The molecule has 0 N–H and O–H groups in total. The summed E-state index contributed by atoms with van der Waals surface area (Å²) in [5.41, 5.74) is 2.20. The SMILES string of the molecule is CCOC(=O)CSCc1csc(-c2ccsc2)n1. The minimum Gasteiger partial charge on any atom is -0.465 e. The highest BCUT2D eigenvalue weighted by molar-refractivity contribution is 7.99. The third-order valence-corrected chi connectivity index (χ3v) is 4.66. The Bertz CT molecular complexity index is 493. The van der Waals surface area contributed by atoms with Crippen LogP contribution in [0.15, 0.2) is 22.2 Å². The number of rotatable bonds is 6. The molecule has 0 radical (unpaired) electrons. The van der Waals surface area contributed by atoms with E-state index in [1.54, 1.807) is 22.7 Å².